The van der Waals surface area contributed by atoms with Gasteiger partial charge in [-0.15, -0.1) is 6.42 Å². The summed E-state index contributed by atoms with van der Waals surface area (Å²) in [4.78, 5) is 11.1. The summed E-state index contributed by atoms with van der Waals surface area (Å²) in [5, 5.41) is 0. The topological polar surface area (TPSA) is 35.5 Å². The zero-order valence-corrected chi connectivity index (χ0v) is 13.2. The molecule has 23 heavy (non-hydrogen) atoms. The summed E-state index contributed by atoms with van der Waals surface area (Å²) < 4.78 is 10.9. The third-order valence-electron chi connectivity index (χ3n) is 3.08. The summed E-state index contributed by atoms with van der Waals surface area (Å²) in [5.41, 5.74) is 1.70. The van der Waals surface area contributed by atoms with Crippen LogP contribution in [-0.2, 0) is 9.53 Å². The largest absolute Gasteiger partial charge is 0.457 e. The number of carbonyl (C=O) groups excluding carboxylic acids is 1. The number of rotatable bonds is 5. The Bertz CT molecular complexity index is 739. The standard InChI is InChI=1S/C20H18O3/c1-4-20(22-16(3)21)15(2)13-17-9-8-12-19(14-17)23-18-10-6-5-7-11-18/h1,5-14,20H,2-3H3/b15-13+/t20-/m1/s1. The van der Waals surface area contributed by atoms with E-state index < -0.39 is 12.1 Å². The third-order valence-corrected chi connectivity index (χ3v) is 3.08. The summed E-state index contributed by atoms with van der Waals surface area (Å²) in [6.45, 7) is 3.17. The van der Waals surface area contributed by atoms with Crippen molar-refractivity contribution in [3.8, 4) is 23.8 Å². The van der Waals surface area contributed by atoms with Gasteiger partial charge in [-0.3, -0.25) is 4.79 Å². The maximum atomic E-state index is 11.1. The number of ether oxygens (including phenoxy) is 2. The first-order valence-corrected chi connectivity index (χ1v) is 7.23. The van der Waals surface area contributed by atoms with Crippen molar-refractivity contribution in [2.24, 2.45) is 0 Å². The van der Waals surface area contributed by atoms with Gasteiger partial charge in [0.2, 0.25) is 0 Å². The van der Waals surface area contributed by atoms with Crippen LogP contribution in [0.2, 0.25) is 0 Å². The molecule has 0 amide bonds. The minimum atomic E-state index is -0.661. The van der Waals surface area contributed by atoms with Crippen LogP contribution in [0.4, 0.5) is 0 Å². The third kappa shape index (κ3) is 5.05. The highest BCUT2D eigenvalue weighted by Crippen LogP contribution is 2.23. The molecule has 3 heteroatoms. The van der Waals surface area contributed by atoms with Gasteiger partial charge in [0.05, 0.1) is 0 Å². The minimum Gasteiger partial charge on any atom is -0.457 e. The van der Waals surface area contributed by atoms with Gasteiger partial charge >= 0.3 is 5.97 Å². The lowest BCUT2D eigenvalue weighted by Gasteiger charge is -2.12. The molecule has 116 valence electrons. The van der Waals surface area contributed by atoms with E-state index in [9.17, 15) is 4.79 Å². The Morgan fingerprint density at radius 3 is 2.43 bits per heavy atom. The van der Waals surface area contributed by atoms with Gasteiger partial charge in [0, 0.05) is 6.92 Å². The number of hydrogen-bond acceptors (Lipinski definition) is 3. The SMILES string of the molecule is C#C[C@@H](OC(C)=O)/C(C)=C/c1cccc(Oc2ccccc2)c1. The van der Waals surface area contributed by atoms with Crippen molar-refractivity contribution < 1.29 is 14.3 Å². The van der Waals surface area contributed by atoms with Crippen molar-refractivity contribution in [1.29, 1.82) is 0 Å². The van der Waals surface area contributed by atoms with Crippen LogP contribution in [0.25, 0.3) is 6.08 Å². The van der Waals surface area contributed by atoms with E-state index in [1.807, 2.05) is 67.6 Å². The van der Waals surface area contributed by atoms with Crippen molar-refractivity contribution in [1.82, 2.24) is 0 Å². The predicted molar refractivity (Wildman–Crippen MR) is 91.0 cm³/mol. The van der Waals surface area contributed by atoms with Crippen LogP contribution >= 0.6 is 0 Å². The fourth-order valence-corrected chi connectivity index (χ4v) is 2.06. The highest BCUT2D eigenvalue weighted by atomic mass is 16.5. The summed E-state index contributed by atoms with van der Waals surface area (Å²) in [5.74, 6) is 3.56. The fourth-order valence-electron chi connectivity index (χ4n) is 2.06. The number of hydrogen-bond donors (Lipinski definition) is 0. The first-order chi connectivity index (χ1) is 11.1. The lowest BCUT2D eigenvalue weighted by molar-refractivity contribution is -0.142. The van der Waals surface area contributed by atoms with Crippen molar-refractivity contribution in [3.63, 3.8) is 0 Å². The van der Waals surface area contributed by atoms with Crippen molar-refractivity contribution in [2.45, 2.75) is 20.0 Å². The maximum absolute atomic E-state index is 11.1. The molecule has 0 aliphatic carbocycles. The van der Waals surface area contributed by atoms with Crippen molar-refractivity contribution in [3.05, 3.63) is 65.7 Å². The van der Waals surface area contributed by atoms with Crippen LogP contribution in [0.3, 0.4) is 0 Å². The van der Waals surface area contributed by atoms with Crippen LogP contribution < -0.4 is 4.74 Å². The molecule has 0 aliphatic heterocycles. The second-order valence-corrected chi connectivity index (χ2v) is 5.03. The highest BCUT2D eigenvalue weighted by molar-refractivity contribution is 5.67. The van der Waals surface area contributed by atoms with E-state index in [0.29, 0.717) is 0 Å². The van der Waals surface area contributed by atoms with Gasteiger partial charge in [0.1, 0.15) is 11.5 Å². The second-order valence-electron chi connectivity index (χ2n) is 5.03. The Hall–Kier alpha value is -2.99. The lowest BCUT2D eigenvalue weighted by atomic mass is 10.1. The molecule has 0 saturated carbocycles. The van der Waals surface area contributed by atoms with Gasteiger partial charge in [-0.2, -0.15) is 0 Å². The lowest BCUT2D eigenvalue weighted by Crippen LogP contribution is -2.15. The van der Waals surface area contributed by atoms with Crippen molar-refractivity contribution >= 4 is 12.0 Å². The van der Waals surface area contributed by atoms with Crippen LogP contribution in [0.5, 0.6) is 11.5 Å². The molecule has 0 heterocycles. The molecule has 0 saturated heterocycles. The van der Waals surface area contributed by atoms with Gasteiger partial charge in [-0.1, -0.05) is 42.3 Å². The molecular formula is C20H18O3. The number of carbonyl (C=O) groups is 1. The van der Waals surface area contributed by atoms with Crippen LogP contribution in [-0.4, -0.2) is 12.1 Å². The first-order valence-electron chi connectivity index (χ1n) is 7.23. The van der Waals surface area contributed by atoms with Crippen LogP contribution in [0, 0.1) is 12.3 Å². The highest BCUT2D eigenvalue weighted by Gasteiger charge is 2.10. The van der Waals surface area contributed by atoms with Gasteiger partial charge in [-0.25, -0.2) is 0 Å². The summed E-state index contributed by atoms with van der Waals surface area (Å²) in [7, 11) is 0. The van der Waals surface area contributed by atoms with Gasteiger partial charge < -0.3 is 9.47 Å². The Kier molecular flexibility index (Phi) is 5.60. The molecule has 2 rings (SSSR count). The second kappa shape index (κ2) is 7.86. The molecule has 0 radical (unpaired) electrons. The summed E-state index contributed by atoms with van der Waals surface area (Å²) in [6, 6.07) is 17.2. The predicted octanol–water partition coefficient (Wildman–Crippen LogP) is 4.45. The molecular weight excluding hydrogens is 288 g/mol. The average molecular weight is 306 g/mol. The van der Waals surface area contributed by atoms with Gasteiger partial charge in [-0.05, 0) is 42.3 Å². The molecule has 0 aromatic heterocycles. The Balaban J connectivity index is 2.17. The van der Waals surface area contributed by atoms with E-state index in [4.69, 9.17) is 15.9 Å². The Morgan fingerprint density at radius 1 is 1.09 bits per heavy atom. The summed E-state index contributed by atoms with van der Waals surface area (Å²) in [6.07, 6.45) is 6.63. The van der Waals surface area contributed by atoms with E-state index >= 15 is 0 Å². The van der Waals surface area contributed by atoms with Crippen LogP contribution in [0.15, 0.2) is 60.2 Å². The summed E-state index contributed by atoms with van der Waals surface area (Å²) >= 11 is 0. The van der Waals surface area contributed by atoms with E-state index in [0.717, 1.165) is 22.6 Å². The average Bonchev–Trinajstić information content (AvgIpc) is 2.53. The van der Waals surface area contributed by atoms with Crippen LogP contribution in [0.1, 0.15) is 19.4 Å². The van der Waals surface area contributed by atoms with Gasteiger partial charge in [0.25, 0.3) is 0 Å². The number of para-hydroxylation sites is 1. The molecule has 3 nitrogen and oxygen atoms in total. The first kappa shape index (κ1) is 16.4. The number of benzene rings is 2. The van der Waals surface area contributed by atoms with E-state index in [1.54, 1.807) is 0 Å². The maximum Gasteiger partial charge on any atom is 0.304 e. The normalized spacial score (nSPS) is 12.1. The molecule has 0 fully saturated rings. The molecule has 0 aliphatic rings. The minimum absolute atomic E-state index is 0.401. The van der Waals surface area contributed by atoms with E-state index in [-0.39, 0.29) is 0 Å². The fraction of sp³-hybridized carbons (Fsp3) is 0.150. The molecule has 2 aromatic rings. The van der Waals surface area contributed by atoms with E-state index in [1.165, 1.54) is 6.92 Å². The smallest absolute Gasteiger partial charge is 0.304 e. The van der Waals surface area contributed by atoms with E-state index in [2.05, 4.69) is 5.92 Å². The number of terminal acetylenes is 1. The Labute approximate surface area is 136 Å². The zero-order valence-electron chi connectivity index (χ0n) is 13.2. The molecule has 2 aromatic carbocycles. The molecule has 1 atom stereocenters. The number of esters is 1. The van der Waals surface area contributed by atoms with Crippen molar-refractivity contribution in [2.75, 3.05) is 0 Å². The van der Waals surface area contributed by atoms with Gasteiger partial charge in [0.15, 0.2) is 6.10 Å². The Morgan fingerprint density at radius 2 is 1.78 bits per heavy atom. The molecule has 0 N–H and O–H groups in total. The molecule has 0 spiro atoms. The molecule has 0 unspecified atom stereocenters. The quantitative estimate of drug-likeness (QED) is 0.605. The molecule has 0 bridgehead atoms. The monoisotopic (exact) mass is 306 g/mol. The zero-order chi connectivity index (χ0) is 16.7.